The van der Waals surface area contributed by atoms with Crippen molar-refractivity contribution in [3.8, 4) is 0 Å². The van der Waals surface area contributed by atoms with Crippen molar-refractivity contribution < 1.29 is 14.6 Å². The molecule has 0 aromatic rings. The van der Waals surface area contributed by atoms with E-state index in [1.54, 1.807) is 6.26 Å². The first-order chi connectivity index (χ1) is 12.2. The predicted molar refractivity (Wildman–Crippen MR) is 105 cm³/mol. The lowest BCUT2D eigenvalue weighted by molar-refractivity contribution is -0.137. The van der Waals surface area contributed by atoms with Gasteiger partial charge in [0, 0.05) is 12.3 Å². The zero-order valence-corrected chi connectivity index (χ0v) is 16.1. The SMILES string of the molecule is CCCCCCCCC=CCCCC(CCCC(=O)O)C1C=COC1. The molecule has 0 saturated carbocycles. The van der Waals surface area contributed by atoms with Crippen molar-refractivity contribution in [2.75, 3.05) is 6.61 Å². The summed E-state index contributed by atoms with van der Waals surface area (Å²) >= 11 is 0. The molecule has 0 amide bonds. The molecule has 1 aliphatic heterocycles. The van der Waals surface area contributed by atoms with Gasteiger partial charge in [-0.25, -0.2) is 0 Å². The first-order valence-electron chi connectivity index (χ1n) is 10.4. The van der Waals surface area contributed by atoms with Crippen LogP contribution in [0.15, 0.2) is 24.5 Å². The Morgan fingerprint density at radius 2 is 1.76 bits per heavy atom. The fourth-order valence-electron chi connectivity index (χ4n) is 3.54. The molecule has 0 fully saturated rings. The molecule has 25 heavy (non-hydrogen) atoms. The highest BCUT2D eigenvalue weighted by molar-refractivity contribution is 5.66. The number of rotatable bonds is 16. The van der Waals surface area contributed by atoms with Crippen LogP contribution in [-0.4, -0.2) is 17.7 Å². The maximum Gasteiger partial charge on any atom is 0.303 e. The second-order valence-electron chi connectivity index (χ2n) is 7.33. The Hall–Kier alpha value is -1.25. The zero-order valence-electron chi connectivity index (χ0n) is 16.1. The van der Waals surface area contributed by atoms with Gasteiger partial charge in [-0.05, 0) is 56.9 Å². The van der Waals surface area contributed by atoms with E-state index in [4.69, 9.17) is 9.84 Å². The maximum absolute atomic E-state index is 10.7. The van der Waals surface area contributed by atoms with Crippen molar-refractivity contribution in [1.29, 1.82) is 0 Å². The summed E-state index contributed by atoms with van der Waals surface area (Å²) in [6, 6.07) is 0. The van der Waals surface area contributed by atoms with E-state index in [1.807, 2.05) is 0 Å². The maximum atomic E-state index is 10.7. The fraction of sp³-hybridized carbons (Fsp3) is 0.773. The molecule has 0 aromatic heterocycles. The van der Waals surface area contributed by atoms with Crippen molar-refractivity contribution >= 4 is 5.97 Å². The van der Waals surface area contributed by atoms with E-state index in [-0.39, 0.29) is 6.42 Å². The van der Waals surface area contributed by atoms with Crippen LogP contribution in [-0.2, 0) is 9.53 Å². The molecule has 144 valence electrons. The van der Waals surface area contributed by atoms with Gasteiger partial charge in [-0.1, -0.05) is 51.2 Å². The van der Waals surface area contributed by atoms with Crippen molar-refractivity contribution in [3.63, 3.8) is 0 Å². The molecule has 0 aromatic carbocycles. The van der Waals surface area contributed by atoms with Gasteiger partial charge in [0.25, 0.3) is 0 Å². The predicted octanol–water partition coefficient (Wildman–Crippen LogP) is 6.49. The molecule has 0 saturated heterocycles. The zero-order chi connectivity index (χ0) is 18.2. The van der Waals surface area contributed by atoms with Gasteiger partial charge in [0.2, 0.25) is 0 Å². The second kappa shape index (κ2) is 15.0. The molecule has 0 bridgehead atoms. The monoisotopic (exact) mass is 350 g/mol. The fourth-order valence-corrected chi connectivity index (χ4v) is 3.54. The van der Waals surface area contributed by atoms with Crippen LogP contribution in [0.25, 0.3) is 0 Å². The number of allylic oxidation sites excluding steroid dienone is 2. The molecule has 3 heteroatoms. The van der Waals surface area contributed by atoms with E-state index in [1.165, 1.54) is 57.8 Å². The molecular formula is C22H38O3. The highest BCUT2D eigenvalue weighted by atomic mass is 16.5. The van der Waals surface area contributed by atoms with Crippen LogP contribution in [0.4, 0.5) is 0 Å². The van der Waals surface area contributed by atoms with Crippen LogP contribution in [0, 0.1) is 11.8 Å². The summed E-state index contributed by atoms with van der Waals surface area (Å²) in [4.78, 5) is 10.7. The molecule has 0 aliphatic carbocycles. The van der Waals surface area contributed by atoms with Crippen molar-refractivity contribution in [3.05, 3.63) is 24.5 Å². The number of unbranched alkanes of at least 4 members (excludes halogenated alkanes) is 7. The minimum atomic E-state index is -0.686. The van der Waals surface area contributed by atoms with Gasteiger partial charge in [0.05, 0.1) is 12.9 Å². The number of carboxylic acid groups (broad SMARTS) is 1. The number of hydrogen-bond donors (Lipinski definition) is 1. The van der Waals surface area contributed by atoms with Crippen molar-refractivity contribution in [2.45, 2.75) is 90.4 Å². The standard InChI is InChI=1S/C22H38O3/c1-2-3-4-5-6-7-8-9-10-11-12-14-20(15-13-16-22(23)24)21-17-18-25-19-21/h9-10,17-18,20-21H,2-8,11-16,19H2,1H3,(H,23,24). The Morgan fingerprint density at radius 3 is 2.44 bits per heavy atom. The highest BCUT2D eigenvalue weighted by Gasteiger charge is 2.22. The number of hydrogen-bond acceptors (Lipinski definition) is 2. The van der Waals surface area contributed by atoms with Gasteiger partial charge in [0.15, 0.2) is 0 Å². The van der Waals surface area contributed by atoms with Gasteiger partial charge >= 0.3 is 5.97 Å². The summed E-state index contributed by atoms with van der Waals surface area (Å²) in [6.07, 6.45) is 23.6. The van der Waals surface area contributed by atoms with E-state index < -0.39 is 5.97 Å². The lowest BCUT2D eigenvalue weighted by Crippen LogP contribution is -2.15. The van der Waals surface area contributed by atoms with Gasteiger partial charge in [-0.15, -0.1) is 0 Å². The molecule has 1 N–H and O–H groups in total. The Labute approximate surface area is 154 Å². The van der Waals surface area contributed by atoms with Crippen LogP contribution in [0.2, 0.25) is 0 Å². The summed E-state index contributed by atoms with van der Waals surface area (Å²) < 4.78 is 5.36. The van der Waals surface area contributed by atoms with E-state index >= 15 is 0 Å². The number of aliphatic carboxylic acids is 1. The first-order valence-corrected chi connectivity index (χ1v) is 10.4. The summed E-state index contributed by atoms with van der Waals surface area (Å²) in [5.41, 5.74) is 0. The third kappa shape index (κ3) is 11.9. The Kier molecular flexibility index (Phi) is 13.1. The number of carboxylic acids is 1. The van der Waals surface area contributed by atoms with Crippen LogP contribution in [0.3, 0.4) is 0 Å². The van der Waals surface area contributed by atoms with Gasteiger partial charge in [0.1, 0.15) is 0 Å². The molecule has 3 nitrogen and oxygen atoms in total. The lowest BCUT2D eigenvalue weighted by atomic mass is 9.85. The van der Waals surface area contributed by atoms with Crippen molar-refractivity contribution in [1.82, 2.24) is 0 Å². The summed E-state index contributed by atoms with van der Waals surface area (Å²) in [6.45, 7) is 3.03. The average molecular weight is 351 g/mol. The average Bonchev–Trinajstić information content (AvgIpc) is 3.12. The molecule has 1 heterocycles. The molecule has 1 rings (SSSR count). The van der Waals surface area contributed by atoms with E-state index in [0.717, 1.165) is 25.9 Å². The van der Waals surface area contributed by atoms with Gasteiger partial charge < -0.3 is 9.84 Å². The third-order valence-electron chi connectivity index (χ3n) is 5.12. The van der Waals surface area contributed by atoms with Crippen LogP contribution in [0.5, 0.6) is 0 Å². The second-order valence-corrected chi connectivity index (χ2v) is 7.33. The molecule has 0 spiro atoms. The van der Waals surface area contributed by atoms with E-state index in [2.05, 4.69) is 25.2 Å². The molecular weight excluding hydrogens is 312 g/mol. The topological polar surface area (TPSA) is 46.5 Å². The minimum absolute atomic E-state index is 0.284. The van der Waals surface area contributed by atoms with E-state index in [0.29, 0.717) is 11.8 Å². The van der Waals surface area contributed by atoms with Crippen LogP contribution < -0.4 is 0 Å². The molecule has 0 radical (unpaired) electrons. The van der Waals surface area contributed by atoms with E-state index in [9.17, 15) is 4.79 Å². The summed E-state index contributed by atoms with van der Waals surface area (Å²) in [5, 5.41) is 8.82. The smallest absolute Gasteiger partial charge is 0.303 e. The Bertz CT molecular complexity index is 387. The summed E-state index contributed by atoms with van der Waals surface area (Å²) in [7, 11) is 0. The number of ether oxygens (including phenoxy) is 1. The summed E-state index contributed by atoms with van der Waals surface area (Å²) in [5.74, 6) is 0.348. The molecule has 2 atom stereocenters. The van der Waals surface area contributed by atoms with Crippen molar-refractivity contribution in [2.24, 2.45) is 11.8 Å². The quantitative estimate of drug-likeness (QED) is 0.255. The normalized spacial score (nSPS) is 17.9. The highest BCUT2D eigenvalue weighted by Crippen LogP contribution is 2.28. The minimum Gasteiger partial charge on any atom is -0.501 e. The first kappa shape index (κ1) is 21.8. The van der Waals surface area contributed by atoms with Gasteiger partial charge in [-0.2, -0.15) is 0 Å². The van der Waals surface area contributed by atoms with Crippen LogP contribution >= 0.6 is 0 Å². The Morgan fingerprint density at radius 1 is 1.08 bits per heavy atom. The van der Waals surface area contributed by atoms with Crippen LogP contribution in [0.1, 0.15) is 90.4 Å². The molecule has 2 unspecified atom stereocenters. The largest absolute Gasteiger partial charge is 0.501 e. The molecule has 1 aliphatic rings. The van der Waals surface area contributed by atoms with Gasteiger partial charge in [-0.3, -0.25) is 4.79 Å². The lowest BCUT2D eigenvalue weighted by Gasteiger charge is -2.20. The number of carbonyl (C=O) groups is 1. The third-order valence-corrected chi connectivity index (χ3v) is 5.12. The Balaban J connectivity index is 2.09.